The molecule has 1 N–H and O–H groups in total. The zero-order valence-electron chi connectivity index (χ0n) is 11.9. The first-order valence-electron chi connectivity index (χ1n) is 6.55. The van der Waals surface area contributed by atoms with Crippen molar-refractivity contribution in [2.24, 2.45) is 28.2 Å². The molecule has 0 aromatic carbocycles. The number of rotatable bonds is 6. The summed E-state index contributed by atoms with van der Waals surface area (Å²) in [6, 6.07) is 0.0130. The lowest BCUT2D eigenvalue weighted by Crippen LogP contribution is -2.51. The van der Waals surface area contributed by atoms with Crippen molar-refractivity contribution in [2.45, 2.75) is 40.2 Å². The molecular formula is C14H24N2O2. The Morgan fingerprint density at radius 2 is 2.22 bits per heavy atom. The highest BCUT2D eigenvalue weighted by Gasteiger charge is 2.47. The molecule has 3 unspecified atom stereocenters. The average molecular weight is 252 g/mol. The second kappa shape index (κ2) is 5.63. The van der Waals surface area contributed by atoms with Crippen LogP contribution < -0.4 is 0 Å². The van der Waals surface area contributed by atoms with E-state index in [4.69, 9.17) is 10.1 Å². The maximum Gasteiger partial charge on any atom is 0.309 e. The highest BCUT2D eigenvalue weighted by Crippen LogP contribution is 2.42. The summed E-state index contributed by atoms with van der Waals surface area (Å²) in [6.07, 6.45) is 4.33. The molecule has 4 nitrogen and oxygen atoms in total. The Morgan fingerprint density at radius 1 is 1.61 bits per heavy atom. The molecular weight excluding hydrogens is 228 g/mol. The van der Waals surface area contributed by atoms with E-state index < -0.39 is 0 Å². The SMILES string of the molecule is CC[C@H](C)C(C)(C=N)[C@H]1N=CC1C(C)C(=O)OC. The molecule has 4 heteroatoms. The Balaban J connectivity index is 2.88. The number of carbonyl (C=O) groups is 1. The van der Waals surface area contributed by atoms with Gasteiger partial charge in [0.25, 0.3) is 0 Å². The summed E-state index contributed by atoms with van der Waals surface area (Å²) < 4.78 is 4.79. The molecule has 0 fully saturated rings. The molecule has 18 heavy (non-hydrogen) atoms. The van der Waals surface area contributed by atoms with Crippen molar-refractivity contribution in [2.75, 3.05) is 7.11 Å². The van der Waals surface area contributed by atoms with Crippen LogP contribution in [0.3, 0.4) is 0 Å². The van der Waals surface area contributed by atoms with Crippen LogP contribution in [0, 0.1) is 28.6 Å². The van der Waals surface area contributed by atoms with Crippen molar-refractivity contribution in [3.05, 3.63) is 0 Å². The van der Waals surface area contributed by atoms with Gasteiger partial charge in [-0.1, -0.05) is 34.1 Å². The number of nitrogens with one attached hydrogen (secondary N) is 1. The molecule has 0 saturated carbocycles. The van der Waals surface area contributed by atoms with E-state index in [-0.39, 0.29) is 29.3 Å². The highest BCUT2D eigenvalue weighted by atomic mass is 16.5. The molecule has 0 aromatic rings. The smallest absolute Gasteiger partial charge is 0.309 e. The molecule has 0 aliphatic carbocycles. The minimum Gasteiger partial charge on any atom is -0.469 e. The molecule has 0 aromatic heterocycles. The van der Waals surface area contributed by atoms with Gasteiger partial charge in [0.2, 0.25) is 0 Å². The molecule has 1 rings (SSSR count). The van der Waals surface area contributed by atoms with E-state index in [1.165, 1.54) is 13.3 Å². The lowest BCUT2D eigenvalue weighted by atomic mass is 9.64. The Bertz CT molecular complexity index is 354. The lowest BCUT2D eigenvalue weighted by Gasteiger charge is -2.45. The van der Waals surface area contributed by atoms with Crippen LogP contribution in [0.1, 0.15) is 34.1 Å². The van der Waals surface area contributed by atoms with Gasteiger partial charge in [0.1, 0.15) is 0 Å². The van der Waals surface area contributed by atoms with Gasteiger partial charge in [-0.15, -0.1) is 0 Å². The third-order valence-corrected chi connectivity index (χ3v) is 4.56. The Hall–Kier alpha value is -1.19. The van der Waals surface area contributed by atoms with Crippen molar-refractivity contribution in [1.29, 1.82) is 5.41 Å². The largest absolute Gasteiger partial charge is 0.469 e. The zero-order chi connectivity index (χ0) is 13.9. The first-order chi connectivity index (χ1) is 8.42. The fourth-order valence-electron chi connectivity index (χ4n) is 2.55. The summed E-state index contributed by atoms with van der Waals surface area (Å²) in [5.74, 6) is 0.0521. The monoisotopic (exact) mass is 252 g/mol. The van der Waals surface area contributed by atoms with Gasteiger partial charge < -0.3 is 10.1 Å². The van der Waals surface area contributed by atoms with Crippen LogP contribution in [0.2, 0.25) is 0 Å². The number of methoxy groups -OCH3 is 1. The normalized spacial score (nSPS) is 28.7. The fourth-order valence-corrected chi connectivity index (χ4v) is 2.55. The van der Waals surface area contributed by atoms with Gasteiger partial charge in [0.05, 0.1) is 19.1 Å². The van der Waals surface area contributed by atoms with E-state index >= 15 is 0 Å². The van der Waals surface area contributed by atoms with Gasteiger partial charge >= 0.3 is 5.97 Å². The van der Waals surface area contributed by atoms with E-state index in [0.29, 0.717) is 5.92 Å². The molecule has 0 bridgehead atoms. The minimum absolute atomic E-state index is 0.0130. The van der Waals surface area contributed by atoms with E-state index in [1.807, 2.05) is 13.1 Å². The predicted octanol–water partition coefficient (Wildman–Crippen LogP) is 2.57. The van der Waals surface area contributed by atoms with Crippen LogP contribution in [0.4, 0.5) is 0 Å². The maximum atomic E-state index is 11.6. The number of esters is 1. The number of hydrogen-bond acceptors (Lipinski definition) is 4. The van der Waals surface area contributed by atoms with Crippen LogP contribution in [-0.2, 0) is 9.53 Å². The fraction of sp³-hybridized carbons (Fsp3) is 0.786. The standard InChI is InChI=1S/C14H24N2O2/c1-6-9(2)14(4,8-15)12-11(7-16-12)10(3)13(17)18-5/h7-12,15H,6H2,1-5H3/t9-,10?,11?,12-,14?/m0/s1. The van der Waals surface area contributed by atoms with Crippen molar-refractivity contribution in [3.63, 3.8) is 0 Å². The molecule has 1 aliphatic rings. The van der Waals surface area contributed by atoms with Crippen LogP contribution >= 0.6 is 0 Å². The summed E-state index contributed by atoms with van der Waals surface area (Å²) in [7, 11) is 1.41. The highest BCUT2D eigenvalue weighted by molar-refractivity contribution is 5.82. The summed E-state index contributed by atoms with van der Waals surface area (Å²) in [5, 5.41) is 7.73. The van der Waals surface area contributed by atoms with E-state index in [2.05, 4.69) is 25.8 Å². The third kappa shape index (κ3) is 2.33. The topological polar surface area (TPSA) is 62.5 Å². The Kier molecular flexibility index (Phi) is 4.65. The zero-order valence-corrected chi connectivity index (χ0v) is 11.9. The molecule has 5 atom stereocenters. The lowest BCUT2D eigenvalue weighted by molar-refractivity contribution is -0.146. The van der Waals surface area contributed by atoms with Crippen LogP contribution in [0.25, 0.3) is 0 Å². The molecule has 0 radical (unpaired) electrons. The number of hydrogen-bond donors (Lipinski definition) is 1. The predicted molar refractivity (Wildman–Crippen MR) is 73.3 cm³/mol. The Morgan fingerprint density at radius 3 is 2.56 bits per heavy atom. The number of aliphatic imine (C=N–C) groups is 1. The van der Waals surface area contributed by atoms with Crippen molar-refractivity contribution >= 4 is 18.4 Å². The molecule has 0 saturated heterocycles. The summed E-state index contributed by atoms with van der Waals surface area (Å²) >= 11 is 0. The molecule has 1 heterocycles. The summed E-state index contributed by atoms with van der Waals surface area (Å²) in [5.41, 5.74) is -0.281. The van der Waals surface area contributed by atoms with Gasteiger partial charge in [-0.3, -0.25) is 9.79 Å². The quantitative estimate of drug-likeness (QED) is 0.583. The first-order valence-corrected chi connectivity index (χ1v) is 6.55. The van der Waals surface area contributed by atoms with Crippen LogP contribution in [0.5, 0.6) is 0 Å². The van der Waals surface area contributed by atoms with Gasteiger partial charge in [0.15, 0.2) is 0 Å². The molecule has 102 valence electrons. The van der Waals surface area contributed by atoms with E-state index in [9.17, 15) is 4.79 Å². The van der Waals surface area contributed by atoms with Gasteiger partial charge in [-0.25, -0.2) is 0 Å². The van der Waals surface area contributed by atoms with Gasteiger partial charge in [-0.05, 0) is 5.92 Å². The molecule has 0 amide bonds. The Labute approximate surface area is 109 Å². The summed E-state index contributed by atoms with van der Waals surface area (Å²) in [4.78, 5) is 16.0. The average Bonchev–Trinajstić information content (AvgIpc) is 2.34. The van der Waals surface area contributed by atoms with Crippen LogP contribution in [0.15, 0.2) is 4.99 Å². The van der Waals surface area contributed by atoms with Crippen LogP contribution in [-0.4, -0.2) is 31.6 Å². The molecule has 0 spiro atoms. The summed E-state index contributed by atoms with van der Waals surface area (Å²) in [6.45, 7) is 8.19. The number of carbonyl (C=O) groups excluding carboxylic acids is 1. The third-order valence-electron chi connectivity index (χ3n) is 4.56. The first kappa shape index (κ1) is 14.9. The number of ether oxygens (including phenoxy) is 1. The molecule has 1 aliphatic heterocycles. The van der Waals surface area contributed by atoms with Crippen molar-refractivity contribution < 1.29 is 9.53 Å². The van der Waals surface area contributed by atoms with Gasteiger partial charge in [-0.2, -0.15) is 0 Å². The maximum absolute atomic E-state index is 11.6. The minimum atomic E-state index is -0.281. The van der Waals surface area contributed by atoms with E-state index in [1.54, 1.807) is 0 Å². The van der Waals surface area contributed by atoms with Crippen molar-refractivity contribution in [3.8, 4) is 0 Å². The second-order valence-electron chi connectivity index (χ2n) is 5.45. The van der Waals surface area contributed by atoms with Crippen molar-refractivity contribution in [1.82, 2.24) is 0 Å². The van der Waals surface area contributed by atoms with E-state index in [0.717, 1.165) is 6.42 Å². The van der Waals surface area contributed by atoms with Gasteiger partial charge in [0, 0.05) is 23.8 Å². The number of nitrogens with zero attached hydrogens (tertiary/aromatic N) is 1. The second-order valence-corrected chi connectivity index (χ2v) is 5.45.